The standard InChI is InChI=1S/C11H12BrFO/c1-7-5-6-11(7,14)8-3-2-4-9(12)10(8)13/h2-4,7,14H,5-6H2,1H3. The molecule has 0 amide bonds. The summed E-state index contributed by atoms with van der Waals surface area (Å²) in [6.45, 7) is 1.95. The molecule has 1 aliphatic rings. The van der Waals surface area contributed by atoms with E-state index in [2.05, 4.69) is 15.9 Å². The first kappa shape index (κ1) is 10.1. The van der Waals surface area contributed by atoms with Crippen molar-refractivity contribution in [1.82, 2.24) is 0 Å². The van der Waals surface area contributed by atoms with Gasteiger partial charge in [0.05, 0.1) is 10.1 Å². The van der Waals surface area contributed by atoms with Crippen LogP contribution in [0, 0.1) is 11.7 Å². The SMILES string of the molecule is CC1CCC1(O)c1cccc(Br)c1F. The number of benzene rings is 1. The van der Waals surface area contributed by atoms with Gasteiger partial charge in [-0.15, -0.1) is 0 Å². The van der Waals surface area contributed by atoms with Gasteiger partial charge in [-0.1, -0.05) is 19.1 Å². The molecule has 3 heteroatoms. The van der Waals surface area contributed by atoms with Crippen LogP contribution in [-0.2, 0) is 5.60 Å². The molecule has 0 saturated heterocycles. The van der Waals surface area contributed by atoms with E-state index in [1.165, 1.54) is 0 Å². The molecule has 0 spiro atoms. The van der Waals surface area contributed by atoms with Crippen molar-refractivity contribution in [3.8, 4) is 0 Å². The van der Waals surface area contributed by atoms with Crippen molar-refractivity contribution in [2.24, 2.45) is 5.92 Å². The number of hydrogen-bond acceptors (Lipinski definition) is 1. The Hall–Kier alpha value is -0.410. The summed E-state index contributed by atoms with van der Waals surface area (Å²) in [5, 5.41) is 10.2. The fourth-order valence-corrected chi connectivity index (χ4v) is 2.31. The average Bonchev–Trinajstić information content (AvgIpc) is 2.19. The van der Waals surface area contributed by atoms with Gasteiger partial charge in [0, 0.05) is 5.56 Å². The molecule has 0 bridgehead atoms. The Labute approximate surface area is 91.1 Å². The smallest absolute Gasteiger partial charge is 0.143 e. The molecule has 1 aromatic carbocycles. The van der Waals surface area contributed by atoms with Crippen LogP contribution in [0.25, 0.3) is 0 Å². The van der Waals surface area contributed by atoms with Crippen LogP contribution in [0.3, 0.4) is 0 Å². The number of halogens is 2. The molecule has 2 rings (SSSR count). The lowest BCUT2D eigenvalue weighted by atomic mass is 9.66. The first-order chi connectivity index (χ1) is 6.55. The zero-order valence-electron chi connectivity index (χ0n) is 7.93. The normalized spacial score (nSPS) is 31.3. The highest BCUT2D eigenvalue weighted by Gasteiger charge is 2.45. The van der Waals surface area contributed by atoms with Crippen molar-refractivity contribution >= 4 is 15.9 Å². The van der Waals surface area contributed by atoms with E-state index in [0.717, 1.165) is 6.42 Å². The molecule has 0 radical (unpaired) electrons. The van der Waals surface area contributed by atoms with Crippen LogP contribution in [0.4, 0.5) is 4.39 Å². The lowest BCUT2D eigenvalue weighted by molar-refractivity contribution is -0.0955. The molecule has 1 saturated carbocycles. The largest absolute Gasteiger partial charge is 0.385 e. The van der Waals surface area contributed by atoms with Crippen LogP contribution in [0.2, 0.25) is 0 Å². The third-order valence-electron chi connectivity index (χ3n) is 3.19. The molecule has 2 unspecified atom stereocenters. The second kappa shape index (κ2) is 3.31. The maximum atomic E-state index is 13.7. The van der Waals surface area contributed by atoms with Gasteiger partial charge in [0.1, 0.15) is 5.82 Å². The second-order valence-electron chi connectivity index (χ2n) is 3.97. The highest BCUT2D eigenvalue weighted by atomic mass is 79.9. The van der Waals surface area contributed by atoms with Crippen molar-refractivity contribution in [2.45, 2.75) is 25.4 Å². The molecule has 1 fully saturated rings. The Balaban J connectivity index is 2.46. The summed E-state index contributed by atoms with van der Waals surface area (Å²) < 4.78 is 14.1. The van der Waals surface area contributed by atoms with Gasteiger partial charge in [0.25, 0.3) is 0 Å². The monoisotopic (exact) mass is 258 g/mol. The summed E-state index contributed by atoms with van der Waals surface area (Å²) in [7, 11) is 0. The fourth-order valence-electron chi connectivity index (χ4n) is 1.94. The van der Waals surface area contributed by atoms with E-state index in [1.807, 2.05) is 6.92 Å². The van der Waals surface area contributed by atoms with Crippen molar-refractivity contribution in [3.05, 3.63) is 34.1 Å². The van der Waals surface area contributed by atoms with Gasteiger partial charge in [-0.3, -0.25) is 0 Å². The quantitative estimate of drug-likeness (QED) is 0.821. The second-order valence-corrected chi connectivity index (χ2v) is 4.82. The maximum Gasteiger partial charge on any atom is 0.143 e. The van der Waals surface area contributed by atoms with Gasteiger partial charge < -0.3 is 5.11 Å². The summed E-state index contributed by atoms with van der Waals surface area (Å²) in [6, 6.07) is 5.06. The molecule has 0 heterocycles. The highest BCUT2D eigenvalue weighted by Crippen LogP contribution is 2.47. The van der Waals surface area contributed by atoms with Gasteiger partial charge >= 0.3 is 0 Å². The van der Waals surface area contributed by atoms with Crippen LogP contribution < -0.4 is 0 Å². The van der Waals surface area contributed by atoms with E-state index in [4.69, 9.17) is 0 Å². The lowest BCUT2D eigenvalue weighted by Crippen LogP contribution is -2.43. The molecule has 1 aliphatic carbocycles. The molecule has 1 N–H and O–H groups in total. The van der Waals surface area contributed by atoms with Gasteiger partial charge in [-0.2, -0.15) is 0 Å². The molecule has 2 atom stereocenters. The predicted molar refractivity (Wildman–Crippen MR) is 56.4 cm³/mol. The topological polar surface area (TPSA) is 20.2 Å². The van der Waals surface area contributed by atoms with Crippen LogP contribution in [0.1, 0.15) is 25.3 Å². The van der Waals surface area contributed by atoms with E-state index in [1.54, 1.807) is 18.2 Å². The Morgan fingerprint density at radius 3 is 2.79 bits per heavy atom. The molecule has 14 heavy (non-hydrogen) atoms. The minimum atomic E-state index is -0.951. The van der Waals surface area contributed by atoms with Crippen LogP contribution in [0.5, 0.6) is 0 Å². The molecule has 1 nitrogen and oxygen atoms in total. The molecular formula is C11H12BrFO. The third-order valence-corrected chi connectivity index (χ3v) is 3.80. The molecule has 0 aliphatic heterocycles. The molecule has 1 aromatic rings. The summed E-state index contributed by atoms with van der Waals surface area (Å²) in [5.74, 6) is -0.187. The molecule has 0 aromatic heterocycles. The van der Waals surface area contributed by atoms with Gasteiger partial charge in [0.15, 0.2) is 0 Å². The lowest BCUT2D eigenvalue weighted by Gasteiger charge is -2.44. The van der Waals surface area contributed by atoms with Gasteiger partial charge in [0.2, 0.25) is 0 Å². The number of aliphatic hydroxyl groups is 1. The van der Waals surface area contributed by atoms with Gasteiger partial charge in [-0.25, -0.2) is 4.39 Å². The highest BCUT2D eigenvalue weighted by molar-refractivity contribution is 9.10. The number of rotatable bonds is 1. The van der Waals surface area contributed by atoms with E-state index in [9.17, 15) is 9.50 Å². The minimum Gasteiger partial charge on any atom is -0.385 e. The fraction of sp³-hybridized carbons (Fsp3) is 0.455. The summed E-state index contributed by atoms with van der Waals surface area (Å²) >= 11 is 3.13. The van der Waals surface area contributed by atoms with Crippen molar-refractivity contribution in [3.63, 3.8) is 0 Å². The molecule has 76 valence electrons. The average molecular weight is 259 g/mol. The summed E-state index contributed by atoms with van der Waals surface area (Å²) in [6.07, 6.45) is 1.62. The Bertz CT molecular complexity index is 366. The van der Waals surface area contributed by atoms with E-state index in [0.29, 0.717) is 16.5 Å². The zero-order valence-corrected chi connectivity index (χ0v) is 9.51. The van der Waals surface area contributed by atoms with Crippen molar-refractivity contribution in [1.29, 1.82) is 0 Å². The van der Waals surface area contributed by atoms with Crippen molar-refractivity contribution in [2.75, 3.05) is 0 Å². The van der Waals surface area contributed by atoms with E-state index >= 15 is 0 Å². The molecular weight excluding hydrogens is 247 g/mol. The van der Waals surface area contributed by atoms with Crippen LogP contribution >= 0.6 is 15.9 Å². The first-order valence-corrected chi connectivity index (χ1v) is 5.52. The number of hydrogen-bond donors (Lipinski definition) is 1. The summed E-state index contributed by atoms with van der Waals surface area (Å²) in [4.78, 5) is 0. The third kappa shape index (κ3) is 1.30. The Morgan fingerprint density at radius 2 is 2.29 bits per heavy atom. The van der Waals surface area contributed by atoms with E-state index in [-0.39, 0.29) is 11.7 Å². The van der Waals surface area contributed by atoms with Gasteiger partial charge in [-0.05, 0) is 40.8 Å². The maximum absolute atomic E-state index is 13.7. The Morgan fingerprint density at radius 1 is 1.57 bits per heavy atom. The van der Waals surface area contributed by atoms with Crippen molar-refractivity contribution < 1.29 is 9.50 Å². The Kier molecular flexibility index (Phi) is 2.40. The summed E-state index contributed by atoms with van der Waals surface area (Å²) in [5.41, 5.74) is -0.529. The minimum absolute atomic E-state index is 0.145. The predicted octanol–water partition coefficient (Wildman–Crippen LogP) is 3.21. The zero-order chi connectivity index (χ0) is 10.3. The van der Waals surface area contributed by atoms with E-state index < -0.39 is 5.60 Å². The van der Waals surface area contributed by atoms with Crippen LogP contribution in [0.15, 0.2) is 22.7 Å². The first-order valence-electron chi connectivity index (χ1n) is 4.72. The van der Waals surface area contributed by atoms with Crippen LogP contribution in [-0.4, -0.2) is 5.11 Å².